The molecule has 4 N–H and O–H groups in total. The number of hydrogen-bond donors (Lipinski definition) is 3. The Morgan fingerprint density at radius 2 is 1.88 bits per heavy atom. The molecule has 3 aliphatic rings. The Morgan fingerprint density at radius 3 is 2.53 bits per heavy atom. The quantitative estimate of drug-likeness (QED) is 0.117. The number of amides is 1. The van der Waals surface area contributed by atoms with Gasteiger partial charge >= 0.3 is 12.1 Å². The van der Waals surface area contributed by atoms with Gasteiger partial charge < -0.3 is 40.0 Å². The summed E-state index contributed by atoms with van der Waals surface area (Å²) in [7, 11) is 3.83. The molecule has 1 amide bonds. The number of esters is 1. The zero-order valence-electron chi connectivity index (χ0n) is 35.7. The zero-order chi connectivity index (χ0) is 42.5. The molecule has 2 unspecified atom stereocenters. The number of carbonyl (C=O) groups is 3. The van der Waals surface area contributed by atoms with Crippen LogP contribution in [0.1, 0.15) is 87.0 Å². The second kappa shape index (κ2) is 19.7. The first-order chi connectivity index (χ1) is 27.5. The smallest absolute Gasteiger partial charge is 0.410 e. The number of cyclic esters (lactones) is 1. The van der Waals surface area contributed by atoms with E-state index < -0.39 is 60.1 Å². The Morgan fingerprint density at radius 1 is 1.16 bits per heavy atom. The molecule has 3 aliphatic heterocycles. The van der Waals surface area contributed by atoms with Gasteiger partial charge in [0.15, 0.2) is 17.7 Å². The lowest BCUT2D eigenvalue weighted by Crippen LogP contribution is -2.60. The number of thiazole rings is 1. The van der Waals surface area contributed by atoms with Crippen molar-refractivity contribution < 1.29 is 38.4 Å². The minimum Gasteiger partial charge on any atom is -0.458 e. The van der Waals surface area contributed by atoms with Gasteiger partial charge in [0, 0.05) is 31.1 Å². The summed E-state index contributed by atoms with van der Waals surface area (Å²) in [5.74, 6) is -3.00. The van der Waals surface area contributed by atoms with Crippen LogP contribution in [0.5, 0.6) is 0 Å². The number of aryl methyl sites for hydroxylation is 1. The normalized spacial score (nSPS) is 35.6. The highest BCUT2D eigenvalue weighted by Gasteiger charge is 2.58. The molecule has 58 heavy (non-hydrogen) atoms. The first kappa shape index (κ1) is 45.6. The fourth-order valence-electron chi connectivity index (χ4n) is 9.09. The molecule has 16 nitrogen and oxygen atoms in total. The molecular formula is C41H66N8O8S. The number of hydrogen-bond acceptors (Lipinski definition) is 15. The number of nitrogens with zero attached hydrogens (tertiary/aromatic N) is 6. The molecule has 5 rings (SSSR count). The van der Waals surface area contributed by atoms with E-state index in [1.54, 1.807) is 29.6 Å². The summed E-state index contributed by atoms with van der Waals surface area (Å²) in [6, 6.07) is -0.959. The molecule has 0 bridgehead atoms. The molecule has 0 saturated carbocycles. The number of aliphatic hydroxyl groups excluding tert-OH is 1. The minimum absolute atomic E-state index is 0.0972. The summed E-state index contributed by atoms with van der Waals surface area (Å²) in [5.41, 5.74) is 5.28. The van der Waals surface area contributed by atoms with Crippen molar-refractivity contribution in [2.24, 2.45) is 23.7 Å². The van der Waals surface area contributed by atoms with Gasteiger partial charge in [0.05, 0.1) is 30.6 Å². The van der Waals surface area contributed by atoms with Crippen molar-refractivity contribution in [3.8, 4) is 10.7 Å². The van der Waals surface area contributed by atoms with E-state index in [-0.39, 0.29) is 35.8 Å². The van der Waals surface area contributed by atoms with E-state index in [9.17, 15) is 19.5 Å². The maximum atomic E-state index is 14.3. The molecule has 0 aliphatic carbocycles. The van der Waals surface area contributed by atoms with Gasteiger partial charge in [-0.05, 0) is 98.7 Å². The highest BCUT2D eigenvalue weighted by Crippen LogP contribution is 2.39. The van der Waals surface area contributed by atoms with Crippen LogP contribution in [0.15, 0.2) is 25.0 Å². The monoisotopic (exact) mass is 830 g/mol. The van der Waals surface area contributed by atoms with Crippen molar-refractivity contribution in [1.29, 1.82) is 0 Å². The van der Waals surface area contributed by atoms with Gasteiger partial charge in [-0.15, -0.1) is 11.7 Å². The summed E-state index contributed by atoms with van der Waals surface area (Å²) in [4.78, 5) is 50.1. The number of fused-ring (bicyclic) bond motifs is 1. The molecule has 5 heterocycles. The van der Waals surface area contributed by atoms with Gasteiger partial charge in [-0.25, -0.2) is 9.78 Å². The van der Waals surface area contributed by atoms with Crippen LogP contribution < -0.4 is 11.1 Å². The van der Waals surface area contributed by atoms with Crippen molar-refractivity contribution >= 4 is 34.2 Å². The number of aliphatic hydroxyl groups is 1. The van der Waals surface area contributed by atoms with E-state index in [1.807, 2.05) is 59.0 Å². The van der Waals surface area contributed by atoms with Crippen LogP contribution in [-0.2, 0) is 35.1 Å². The Labute approximate surface area is 347 Å². The highest BCUT2D eigenvalue weighted by atomic mass is 32.1. The Balaban J connectivity index is 1.37. The number of carbonyl (C=O) groups excluding carboxylic acids is 3. The van der Waals surface area contributed by atoms with Crippen LogP contribution >= 0.6 is 11.3 Å². The fourth-order valence-corrected chi connectivity index (χ4v) is 9.73. The summed E-state index contributed by atoms with van der Waals surface area (Å²) in [5, 5.41) is 24.9. The van der Waals surface area contributed by atoms with Crippen LogP contribution in [0.2, 0.25) is 0 Å². The predicted octanol–water partition coefficient (Wildman–Crippen LogP) is 4.53. The Kier molecular flexibility index (Phi) is 15.5. The highest BCUT2D eigenvalue weighted by molar-refractivity contribution is 7.18. The van der Waals surface area contributed by atoms with Gasteiger partial charge in [0.2, 0.25) is 0 Å². The Bertz CT molecular complexity index is 1710. The van der Waals surface area contributed by atoms with Crippen molar-refractivity contribution in [2.75, 3.05) is 32.9 Å². The average Bonchev–Trinajstić information content (AvgIpc) is 3.90. The number of unbranched alkanes of at least 4 members (excludes halogenated alkanes) is 1. The fraction of sp³-hybridized carbons (Fsp3) is 0.756. The third-order valence-electron chi connectivity index (χ3n) is 12.2. The minimum atomic E-state index is -1.22. The second-order valence-corrected chi connectivity index (χ2v) is 18.1. The molecule has 2 aromatic heterocycles. The van der Waals surface area contributed by atoms with E-state index >= 15 is 0 Å². The van der Waals surface area contributed by atoms with Gasteiger partial charge in [-0.3, -0.25) is 19.2 Å². The number of ketones is 1. The van der Waals surface area contributed by atoms with Crippen LogP contribution in [0.4, 0.5) is 9.80 Å². The number of rotatable bonds is 12. The summed E-state index contributed by atoms with van der Waals surface area (Å²) in [6.07, 6.45) is 4.72. The average molecular weight is 831 g/mol. The van der Waals surface area contributed by atoms with Crippen molar-refractivity contribution in [2.45, 2.75) is 148 Å². The van der Waals surface area contributed by atoms with Gasteiger partial charge in [0.1, 0.15) is 33.8 Å². The van der Waals surface area contributed by atoms with Gasteiger partial charge in [0.25, 0.3) is 0 Å². The number of Topliss-reactive ketones (excluding diaryl/α,β-unsaturated/α-hetero) is 1. The predicted molar refractivity (Wildman–Crippen MR) is 221 cm³/mol. The van der Waals surface area contributed by atoms with E-state index in [1.165, 1.54) is 11.3 Å². The van der Waals surface area contributed by atoms with Crippen LogP contribution in [0.3, 0.4) is 0 Å². The largest absolute Gasteiger partial charge is 0.458 e. The lowest BCUT2D eigenvalue weighted by molar-refractivity contribution is -0.278. The van der Waals surface area contributed by atoms with Crippen molar-refractivity contribution in [3.63, 3.8) is 0 Å². The summed E-state index contributed by atoms with van der Waals surface area (Å²) < 4.78 is 27.1. The third kappa shape index (κ3) is 10.3. The van der Waals surface area contributed by atoms with Gasteiger partial charge in [-0.2, -0.15) is 0 Å². The van der Waals surface area contributed by atoms with Crippen LogP contribution in [0.25, 0.3) is 10.7 Å². The molecule has 0 aromatic carbocycles. The third-order valence-corrected chi connectivity index (χ3v) is 13.1. The van der Waals surface area contributed by atoms with Crippen molar-refractivity contribution in [1.82, 2.24) is 35.1 Å². The Hall–Kier alpha value is -3.48. The lowest BCUT2D eigenvalue weighted by Gasteiger charge is -2.44. The zero-order valence-corrected chi connectivity index (χ0v) is 36.5. The molecule has 0 radical (unpaired) electrons. The number of aromatic nitrogens is 4. The maximum Gasteiger partial charge on any atom is 0.410 e. The van der Waals surface area contributed by atoms with Crippen molar-refractivity contribution in [3.05, 3.63) is 25.0 Å². The second-order valence-electron chi connectivity index (χ2n) is 17.1. The van der Waals surface area contributed by atoms with E-state index in [0.717, 1.165) is 0 Å². The number of nitrogens with one attached hydrogen (secondary N) is 1. The van der Waals surface area contributed by atoms with Crippen LogP contribution in [-0.4, -0.2) is 134 Å². The molecule has 0 spiro atoms. The standard InChI is InChI=1S/C41H66N8O8S/c1-11-15-28-18-23(3)20-43-27(7)36-41(8,57-40(53)49(36)17-14-13-16-48-22-29(45-46-48)37-44-21-32(42)58-37)31(12-2)55-38(52)26(6)33(50)25(5)35(28)56-39-34(51)30(47(9)10)19-24(4)54-39/h11,21-28,30-31,34-36,39,43,51H,1,12-20,42H2,2-10H3/t23-,24-,25+,26-,27-,28+,30?,31-,34?,35-,36-,39+,41-/m1/s1. The molecule has 3 fully saturated rings. The molecule has 3 saturated heterocycles. The SMILES string of the molecule is C=CC[C@H]1C[C@@H](C)CN[C@H](C)[C@H]2N(CCCCn3cc(-c4ncc(N)s4)nn3)C(=O)O[C@]2(C)[C@@H](CC)OC(=O)[C@H](C)C(=O)[C@H](C)[C@H]1O[C@@H]1O[C@H](C)CC(N(C)C)C1O. The lowest BCUT2D eigenvalue weighted by atomic mass is 9.79. The van der Waals surface area contributed by atoms with E-state index in [2.05, 4.69) is 34.1 Å². The molecule has 2 aromatic rings. The number of likely N-dealkylation sites (N-methyl/N-ethyl adjacent to an activating group) is 1. The molecule has 13 atom stereocenters. The summed E-state index contributed by atoms with van der Waals surface area (Å²) in [6.45, 7) is 18.8. The van der Waals surface area contributed by atoms with E-state index in [0.29, 0.717) is 73.9 Å². The first-order valence-electron chi connectivity index (χ1n) is 20.8. The topological polar surface area (TPSA) is 196 Å². The molecular weight excluding hydrogens is 765 g/mol. The number of nitrogen functional groups attached to an aromatic ring is 1. The first-order valence-corrected chi connectivity index (χ1v) is 21.7. The number of allylic oxidation sites excluding steroid dienone is 1. The maximum absolute atomic E-state index is 14.3. The number of nitrogens with two attached hydrogens (primary N) is 1. The van der Waals surface area contributed by atoms with Crippen LogP contribution in [0, 0.1) is 23.7 Å². The summed E-state index contributed by atoms with van der Waals surface area (Å²) >= 11 is 1.35. The van der Waals surface area contributed by atoms with Gasteiger partial charge in [-0.1, -0.05) is 43.4 Å². The molecule has 324 valence electrons. The number of ether oxygens (including phenoxy) is 4. The molecule has 17 heteroatoms. The number of anilines is 1. The van der Waals surface area contributed by atoms with E-state index in [4.69, 9.17) is 24.7 Å².